The van der Waals surface area contributed by atoms with E-state index in [1.165, 1.54) is 16.2 Å². The van der Waals surface area contributed by atoms with Crippen molar-refractivity contribution in [1.82, 2.24) is 9.88 Å². The number of hydrogen-bond acceptors (Lipinski definition) is 5. The van der Waals surface area contributed by atoms with Crippen LogP contribution in [-0.2, 0) is 4.74 Å². The molecule has 2 aromatic rings. The van der Waals surface area contributed by atoms with Gasteiger partial charge in [-0.15, -0.1) is 0 Å². The van der Waals surface area contributed by atoms with E-state index in [0.717, 1.165) is 10.4 Å². The maximum absolute atomic E-state index is 11.9. The molecule has 128 valence electrons. The molecule has 1 N–H and O–H groups in total. The summed E-state index contributed by atoms with van der Waals surface area (Å²) in [5, 5.41) is 3.08. The van der Waals surface area contributed by atoms with E-state index in [2.05, 4.69) is 10.3 Å². The Hall–Kier alpha value is -2.41. The molecule has 0 atom stereocenters. The molecule has 0 fully saturated rings. The van der Waals surface area contributed by atoms with Gasteiger partial charge in [0.15, 0.2) is 5.13 Å². The van der Waals surface area contributed by atoms with Gasteiger partial charge >= 0.3 is 6.09 Å². The summed E-state index contributed by atoms with van der Waals surface area (Å²) in [6.07, 6.45) is 1.15. The molecule has 1 heterocycles. The summed E-state index contributed by atoms with van der Waals surface area (Å²) in [6, 6.07) is 7.28. The van der Waals surface area contributed by atoms with Crippen LogP contribution < -0.4 is 5.32 Å². The zero-order valence-corrected chi connectivity index (χ0v) is 15.2. The van der Waals surface area contributed by atoms with Gasteiger partial charge in [-0.1, -0.05) is 23.5 Å². The summed E-state index contributed by atoms with van der Waals surface area (Å²) in [7, 11) is 3.43. The minimum absolute atomic E-state index is 0.0434. The van der Waals surface area contributed by atoms with Gasteiger partial charge in [-0.05, 0) is 38.5 Å². The van der Waals surface area contributed by atoms with Crippen molar-refractivity contribution in [3.05, 3.63) is 36.0 Å². The largest absolute Gasteiger partial charge is 0.444 e. The van der Waals surface area contributed by atoms with Gasteiger partial charge in [0, 0.05) is 25.9 Å². The van der Waals surface area contributed by atoms with E-state index in [9.17, 15) is 9.59 Å². The Bertz CT molecular complexity index is 730. The standard InChI is InChI=1S/C17H21N3O3S/c1-17(2,3)23-16(22)19-15-18-10-13(24-15)11-6-8-12(9-7-11)14(21)20(4)5/h6-10H,1-5H3,(H,18,19,22). The zero-order valence-electron chi connectivity index (χ0n) is 14.4. The Kier molecular flexibility index (Phi) is 5.23. The Morgan fingerprint density at radius 2 is 1.79 bits per heavy atom. The van der Waals surface area contributed by atoms with Crippen LogP contribution in [0.3, 0.4) is 0 Å². The average Bonchev–Trinajstić information content (AvgIpc) is 2.92. The molecular formula is C17H21N3O3S. The van der Waals surface area contributed by atoms with Gasteiger partial charge in [-0.25, -0.2) is 9.78 Å². The van der Waals surface area contributed by atoms with Crippen LogP contribution in [0.2, 0.25) is 0 Å². The molecule has 0 aliphatic heterocycles. The summed E-state index contributed by atoms with van der Waals surface area (Å²) in [5.41, 5.74) is 0.999. The molecule has 0 aliphatic rings. The third-order valence-corrected chi connectivity index (χ3v) is 3.90. The maximum Gasteiger partial charge on any atom is 0.413 e. The van der Waals surface area contributed by atoms with Crippen molar-refractivity contribution in [3.8, 4) is 10.4 Å². The van der Waals surface area contributed by atoms with E-state index < -0.39 is 11.7 Å². The van der Waals surface area contributed by atoms with Crippen LogP contribution >= 0.6 is 11.3 Å². The minimum Gasteiger partial charge on any atom is -0.444 e. The first-order chi connectivity index (χ1) is 11.2. The van der Waals surface area contributed by atoms with Crippen molar-refractivity contribution >= 4 is 28.5 Å². The van der Waals surface area contributed by atoms with Crippen molar-refractivity contribution < 1.29 is 14.3 Å². The Morgan fingerprint density at radius 1 is 1.17 bits per heavy atom. The van der Waals surface area contributed by atoms with Crippen LogP contribution in [0.5, 0.6) is 0 Å². The number of nitrogens with one attached hydrogen (secondary N) is 1. The molecule has 24 heavy (non-hydrogen) atoms. The fourth-order valence-corrected chi connectivity index (χ4v) is 2.70. The molecule has 0 saturated heterocycles. The van der Waals surface area contributed by atoms with Gasteiger partial charge in [0.05, 0.1) is 4.88 Å². The van der Waals surface area contributed by atoms with Crippen molar-refractivity contribution in [2.45, 2.75) is 26.4 Å². The lowest BCUT2D eigenvalue weighted by molar-refractivity contribution is 0.0635. The van der Waals surface area contributed by atoms with Gasteiger partial charge in [0.2, 0.25) is 0 Å². The molecule has 0 unspecified atom stereocenters. The number of hydrogen-bond donors (Lipinski definition) is 1. The molecule has 7 heteroatoms. The van der Waals surface area contributed by atoms with E-state index in [1.54, 1.807) is 53.2 Å². The van der Waals surface area contributed by atoms with E-state index >= 15 is 0 Å². The summed E-state index contributed by atoms with van der Waals surface area (Å²) < 4.78 is 5.20. The van der Waals surface area contributed by atoms with Crippen molar-refractivity contribution in [1.29, 1.82) is 0 Å². The smallest absolute Gasteiger partial charge is 0.413 e. The highest BCUT2D eigenvalue weighted by Crippen LogP contribution is 2.29. The summed E-state index contributed by atoms with van der Waals surface area (Å²) in [5.74, 6) is -0.0434. The monoisotopic (exact) mass is 347 g/mol. The number of carbonyl (C=O) groups excluding carboxylic acids is 2. The van der Waals surface area contributed by atoms with Crippen LogP contribution in [0.15, 0.2) is 30.5 Å². The molecule has 0 saturated carbocycles. The molecule has 1 aromatic carbocycles. The average molecular weight is 347 g/mol. The predicted molar refractivity (Wildman–Crippen MR) is 95.4 cm³/mol. The molecule has 0 spiro atoms. The number of anilines is 1. The van der Waals surface area contributed by atoms with Crippen LogP contribution in [0.4, 0.5) is 9.93 Å². The van der Waals surface area contributed by atoms with Gasteiger partial charge in [0.25, 0.3) is 5.91 Å². The van der Waals surface area contributed by atoms with E-state index in [4.69, 9.17) is 4.74 Å². The number of amides is 2. The van der Waals surface area contributed by atoms with Crippen LogP contribution in [0.1, 0.15) is 31.1 Å². The highest BCUT2D eigenvalue weighted by atomic mass is 32.1. The Labute approximate surface area is 145 Å². The topological polar surface area (TPSA) is 71.5 Å². The second-order valence-corrected chi connectivity index (χ2v) is 7.46. The highest BCUT2D eigenvalue weighted by molar-refractivity contribution is 7.19. The summed E-state index contributed by atoms with van der Waals surface area (Å²) in [4.78, 5) is 30.2. The lowest BCUT2D eigenvalue weighted by Crippen LogP contribution is -2.27. The van der Waals surface area contributed by atoms with Crippen LogP contribution in [0, 0.1) is 0 Å². The summed E-state index contributed by atoms with van der Waals surface area (Å²) >= 11 is 1.34. The lowest BCUT2D eigenvalue weighted by Gasteiger charge is -2.18. The number of thiazole rings is 1. The molecule has 2 rings (SSSR count). The first-order valence-corrected chi connectivity index (χ1v) is 8.25. The third kappa shape index (κ3) is 4.79. The third-order valence-electron chi connectivity index (χ3n) is 2.94. The quantitative estimate of drug-likeness (QED) is 0.915. The highest BCUT2D eigenvalue weighted by Gasteiger charge is 2.17. The van der Waals surface area contributed by atoms with Crippen molar-refractivity contribution in [2.75, 3.05) is 19.4 Å². The van der Waals surface area contributed by atoms with Crippen LogP contribution in [-0.4, -0.2) is 41.6 Å². The molecule has 6 nitrogen and oxygen atoms in total. The van der Waals surface area contributed by atoms with E-state index in [-0.39, 0.29) is 5.91 Å². The molecule has 0 aliphatic carbocycles. The minimum atomic E-state index is -0.557. The Balaban J connectivity index is 2.08. The molecule has 1 aromatic heterocycles. The molecular weight excluding hydrogens is 326 g/mol. The SMILES string of the molecule is CN(C)C(=O)c1ccc(-c2cnc(NC(=O)OC(C)(C)C)s2)cc1. The number of carbonyl (C=O) groups is 2. The second kappa shape index (κ2) is 7.00. The zero-order chi connectivity index (χ0) is 17.9. The summed E-state index contributed by atoms with van der Waals surface area (Å²) in [6.45, 7) is 5.41. The van der Waals surface area contributed by atoms with Crippen LogP contribution in [0.25, 0.3) is 10.4 Å². The number of rotatable bonds is 3. The Morgan fingerprint density at radius 3 is 2.33 bits per heavy atom. The van der Waals surface area contributed by atoms with E-state index in [0.29, 0.717) is 10.7 Å². The number of nitrogens with zero attached hydrogens (tertiary/aromatic N) is 2. The lowest BCUT2D eigenvalue weighted by atomic mass is 10.1. The van der Waals surface area contributed by atoms with Crippen molar-refractivity contribution in [3.63, 3.8) is 0 Å². The molecule has 0 radical (unpaired) electrons. The first kappa shape index (κ1) is 17.9. The van der Waals surface area contributed by atoms with Gasteiger partial charge in [-0.3, -0.25) is 10.1 Å². The van der Waals surface area contributed by atoms with E-state index in [1.807, 2.05) is 12.1 Å². The van der Waals surface area contributed by atoms with Gasteiger partial charge in [0.1, 0.15) is 5.60 Å². The van der Waals surface area contributed by atoms with Gasteiger partial charge in [-0.2, -0.15) is 0 Å². The van der Waals surface area contributed by atoms with Gasteiger partial charge < -0.3 is 9.64 Å². The number of ether oxygens (including phenoxy) is 1. The molecule has 0 bridgehead atoms. The fraction of sp³-hybridized carbons (Fsp3) is 0.353. The number of benzene rings is 1. The molecule has 2 amide bonds. The fourth-order valence-electron chi connectivity index (χ4n) is 1.89. The number of aromatic nitrogens is 1. The second-order valence-electron chi connectivity index (χ2n) is 6.43. The predicted octanol–water partition coefficient (Wildman–Crippen LogP) is 3.86. The normalized spacial score (nSPS) is 11.0. The van der Waals surface area contributed by atoms with Crippen molar-refractivity contribution in [2.24, 2.45) is 0 Å². The maximum atomic E-state index is 11.9. The first-order valence-electron chi connectivity index (χ1n) is 7.43.